The molecular formula is C14H14FNO3. The number of aliphatic hydroxyl groups excluding tert-OH is 1. The van der Waals surface area contributed by atoms with Gasteiger partial charge in [0.15, 0.2) is 0 Å². The fraction of sp³-hybridized carbons (Fsp3) is 0.214. The van der Waals surface area contributed by atoms with E-state index in [2.05, 4.69) is 4.98 Å². The van der Waals surface area contributed by atoms with Crippen molar-refractivity contribution in [2.75, 3.05) is 13.2 Å². The van der Waals surface area contributed by atoms with E-state index < -0.39 is 0 Å². The molecule has 0 bridgehead atoms. The molecule has 0 aliphatic heterocycles. The lowest BCUT2D eigenvalue weighted by Gasteiger charge is -2.08. The SMILES string of the molecule is OCc1ccc(OCCOc2cccc(F)c2)cn1. The molecule has 0 amide bonds. The summed E-state index contributed by atoms with van der Waals surface area (Å²) in [4.78, 5) is 3.98. The van der Waals surface area contributed by atoms with Crippen LogP contribution in [-0.4, -0.2) is 23.3 Å². The molecule has 0 radical (unpaired) electrons. The number of aliphatic hydroxyl groups is 1. The van der Waals surface area contributed by atoms with Gasteiger partial charge in [0.05, 0.1) is 18.5 Å². The highest BCUT2D eigenvalue weighted by molar-refractivity contribution is 5.22. The van der Waals surface area contributed by atoms with E-state index in [4.69, 9.17) is 14.6 Å². The number of benzene rings is 1. The van der Waals surface area contributed by atoms with Gasteiger partial charge < -0.3 is 14.6 Å². The molecule has 0 fully saturated rings. The number of hydrogen-bond donors (Lipinski definition) is 1. The Morgan fingerprint density at radius 1 is 1.05 bits per heavy atom. The zero-order valence-corrected chi connectivity index (χ0v) is 10.3. The molecule has 0 atom stereocenters. The zero-order valence-electron chi connectivity index (χ0n) is 10.3. The Hall–Kier alpha value is -2.14. The molecule has 1 aromatic carbocycles. The van der Waals surface area contributed by atoms with Crippen molar-refractivity contribution in [3.63, 3.8) is 0 Å². The predicted octanol–water partition coefficient (Wildman–Crippen LogP) is 2.17. The maximum Gasteiger partial charge on any atom is 0.137 e. The molecule has 0 aliphatic carbocycles. The average molecular weight is 263 g/mol. The molecular weight excluding hydrogens is 249 g/mol. The summed E-state index contributed by atoms with van der Waals surface area (Å²) in [5.41, 5.74) is 0.586. The largest absolute Gasteiger partial charge is 0.490 e. The highest BCUT2D eigenvalue weighted by Crippen LogP contribution is 2.12. The Labute approximate surface area is 110 Å². The van der Waals surface area contributed by atoms with Crippen molar-refractivity contribution in [2.24, 2.45) is 0 Å². The summed E-state index contributed by atoms with van der Waals surface area (Å²) in [5.74, 6) is 0.736. The molecule has 19 heavy (non-hydrogen) atoms. The van der Waals surface area contributed by atoms with Crippen molar-refractivity contribution in [2.45, 2.75) is 6.61 Å². The smallest absolute Gasteiger partial charge is 0.137 e. The van der Waals surface area contributed by atoms with Crippen LogP contribution in [0.2, 0.25) is 0 Å². The number of hydrogen-bond acceptors (Lipinski definition) is 4. The molecule has 2 aromatic rings. The van der Waals surface area contributed by atoms with Crippen molar-refractivity contribution < 1.29 is 19.0 Å². The Morgan fingerprint density at radius 3 is 2.47 bits per heavy atom. The summed E-state index contributed by atoms with van der Waals surface area (Å²) in [6.45, 7) is 0.546. The fourth-order valence-electron chi connectivity index (χ4n) is 1.47. The number of nitrogens with zero attached hydrogens (tertiary/aromatic N) is 1. The quantitative estimate of drug-likeness (QED) is 0.811. The maximum atomic E-state index is 12.9. The third kappa shape index (κ3) is 4.22. The van der Waals surface area contributed by atoms with Gasteiger partial charge in [0.1, 0.15) is 30.5 Å². The van der Waals surface area contributed by atoms with Crippen molar-refractivity contribution >= 4 is 0 Å². The minimum absolute atomic E-state index is 0.0943. The highest BCUT2D eigenvalue weighted by atomic mass is 19.1. The number of aromatic nitrogens is 1. The van der Waals surface area contributed by atoms with Gasteiger partial charge in [-0.1, -0.05) is 6.07 Å². The molecule has 1 heterocycles. The van der Waals surface area contributed by atoms with Gasteiger partial charge in [0.2, 0.25) is 0 Å². The lowest BCUT2D eigenvalue weighted by Crippen LogP contribution is -2.09. The molecule has 0 unspecified atom stereocenters. The Morgan fingerprint density at radius 2 is 1.84 bits per heavy atom. The Balaban J connectivity index is 1.74. The molecule has 2 rings (SSSR count). The molecule has 1 N–H and O–H groups in total. The first-order chi connectivity index (χ1) is 9.28. The van der Waals surface area contributed by atoms with E-state index in [1.165, 1.54) is 18.3 Å². The van der Waals surface area contributed by atoms with E-state index in [-0.39, 0.29) is 12.4 Å². The van der Waals surface area contributed by atoms with Gasteiger partial charge in [-0.25, -0.2) is 4.39 Å². The van der Waals surface area contributed by atoms with E-state index in [1.54, 1.807) is 24.3 Å². The van der Waals surface area contributed by atoms with E-state index in [9.17, 15) is 4.39 Å². The normalized spacial score (nSPS) is 10.2. The van der Waals surface area contributed by atoms with Crippen LogP contribution in [0.3, 0.4) is 0 Å². The molecule has 100 valence electrons. The third-order valence-electron chi connectivity index (χ3n) is 2.38. The van der Waals surface area contributed by atoms with E-state index in [0.29, 0.717) is 30.4 Å². The molecule has 5 heteroatoms. The van der Waals surface area contributed by atoms with E-state index in [1.807, 2.05) is 0 Å². The minimum atomic E-state index is -0.331. The summed E-state index contributed by atoms with van der Waals surface area (Å²) in [6, 6.07) is 9.35. The predicted molar refractivity (Wildman–Crippen MR) is 67.5 cm³/mol. The van der Waals surface area contributed by atoms with Gasteiger partial charge in [-0.3, -0.25) is 4.98 Å². The second-order valence-corrected chi connectivity index (χ2v) is 3.80. The second kappa shape index (κ2) is 6.70. The van der Waals surface area contributed by atoms with Gasteiger partial charge in [-0.2, -0.15) is 0 Å². The number of pyridine rings is 1. The average Bonchev–Trinajstić information content (AvgIpc) is 2.44. The molecule has 0 saturated carbocycles. The fourth-order valence-corrected chi connectivity index (χ4v) is 1.47. The molecule has 4 nitrogen and oxygen atoms in total. The first-order valence-electron chi connectivity index (χ1n) is 5.85. The highest BCUT2D eigenvalue weighted by Gasteiger charge is 1.98. The minimum Gasteiger partial charge on any atom is -0.490 e. The molecule has 1 aromatic heterocycles. The molecule has 0 aliphatic rings. The maximum absolute atomic E-state index is 12.9. The Bertz CT molecular complexity index is 516. The van der Waals surface area contributed by atoms with Crippen LogP contribution in [0.4, 0.5) is 4.39 Å². The van der Waals surface area contributed by atoms with Gasteiger partial charge in [-0.15, -0.1) is 0 Å². The second-order valence-electron chi connectivity index (χ2n) is 3.80. The number of halogens is 1. The van der Waals surface area contributed by atoms with Crippen LogP contribution in [0.5, 0.6) is 11.5 Å². The lowest BCUT2D eigenvalue weighted by molar-refractivity contribution is 0.216. The number of ether oxygens (including phenoxy) is 2. The van der Waals surface area contributed by atoms with E-state index in [0.717, 1.165) is 0 Å². The topological polar surface area (TPSA) is 51.6 Å². The Kier molecular flexibility index (Phi) is 4.69. The third-order valence-corrected chi connectivity index (χ3v) is 2.38. The summed E-state index contributed by atoms with van der Waals surface area (Å²) >= 11 is 0. The lowest BCUT2D eigenvalue weighted by atomic mass is 10.3. The monoisotopic (exact) mass is 263 g/mol. The van der Waals surface area contributed by atoms with Gasteiger partial charge >= 0.3 is 0 Å². The van der Waals surface area contributed by atoms with Gasteiger partial charge in [0.25, 0.3) is 0 Å². The van der Waals surface area contributed by atoms with Gasteiger partial charge in [0, 0.05) is 6.07 Å². The van der Waals surface area contributed by atoms with Gasteiger partial charge in [-0.05, 0) is 24.3 Å². The van der Waals surface area contributed by atoms with Crippen molar-refractivity contribution in [1.29, 1.82) is 0 Å². The summed E-state index contributed by atoms with van der Waals surface area (Å²) < 4.78 is 23.6. The van der Waals surface area contributed by atoms with Crippen molar-refractivity contribution in [1.82, 2.24) is 4.98 Å². The van der Waals surface area contributed by atoms with Crippen molar-refractivity contribution in [3.05, 3.63) is 54.1 Å². The van der Waals surface area contributed by atoms with Crippen LogP contribution < -0.4 is 9.47 Å². The van der Waals surface area contributed by atoms with Crippen LogP contribution in [-0.2, 0) is 6.61 Å². The standard InChI is InChI=1S/C14H14FNO3/c15-11-2-1-3-13(8-11)18-6-7-19-14-5-4-12(10-17)16-9-14/h1-5,8-9,17H,6-7,10H2. The zero-order chi connectivity index (χ0) is 13.5. The van der Waals surface area contributed by atoms with Crippen LogP contribution in [0.1, 0.15) is 5.69 Å². The number of rotatable bonds is 6. The van der Waals surface area contributed by atoms with Crippen LogP contribution in [0.15, 0.2) is 42.6 Å². The van der Waals surface area contributed by atoms with Crippen LogP contribution >= 0.6 is 0 Å². The first kappa shape index (κ1) is 13.3. The summed E-state index contributed by atoms with van der Waals surface area (Å²) in [5, 5.41) is 8.84. The molecule has 0 spiro atoms. The van der Waals surface area contributed by atoms with Crippen LogP contribution in [0, 0.1) is 5.82 Å². The summed E-state index contributed by atoms with van der Waals surface area (Å²) in [6.07, 6.45) is 1.54. The van der Waals surface area contributed by atoms with Crippen LogP contribution in [0.25, 0.3) is 0 Å². The first-order valence-corrected chi connectivity index (χ1v) is 5.85. The summed E-state index contributed by atoms with van der Waals surface area (Å²) in [7, 11) is 0. The van der Waals surface area contributed by atoms with E-state index >= 15 is 0 Å². The molecule has 0 saturated heterocycles. The van der Waals surface area contributed by atoms with Crippen molar-refractivity contribution in [3.8, 4) is 11.5 Å².